The van der Waals surface area contributed by atoms with Crippen LogP contribution >= 0.6 is 11.6 Å². The fourth-order valence-electron chi connectivity index (χ4n) is 2.65. The Balaban J connectivity index is 1.87. The van der Waals surface area contributed by atoms with Crippen LogP contribution in [0, 0.1) is 5.92 Å². The fraction of sp³-hybridized carbons (Fsp3) is 0.571. The SMILES string of the molecule is NC(CCC1CCCC1)c1ccccc1Cl. The third kappa shape index (κ3) is 2.99. The molecule has 2 rings (SSSR count). The normalized spacial score (nSPS) is 18.9. The molecular formula is C14H20ClN. The van der Waals surface area contributed by atoms with Gasteiger partial charge in [-0.15, -0.1) is 0 Å². The van der Waals surface area contributed by atoms with Crippen molar-refractivity contribution in [1.82, 2.24) is 0 Å². The summed E-state index contributed by atoms with van der Waals surface area (Å²) in [5.74, 6) is 0.911. The quantitative estimate of drug-likeness (QED) is 0.830. The van der Waals surface area contributed by atoms with E-state index in [4.69, 9.17) is 17.3 Å². The van der Waals surface area contributed by atoms with Gasteiger partial charge in [-0.05, 0) is 30.4 Å². The maximum atomic E-state index is 6.19. The Kier molecular flexibility index (Phi) is 4.25. The van der Waals surface area contributed by atoms with Crippen LogP contribution in [0.25, 0.3) is 0 Å². The lowest BCUT2D eigenvalue weighted by Crippen LogP contribution is -2.12. The number of nitrogens with two attached hydrogens (primary N) is 1. The first-order valence-corrected chi connectivity index (χ1v) is 6.65. The van der Waals surface area contributed by atoms with E-state index in [1.54, 1.807) is 0 Å². The lowest BCUT2D eigenvalue weighted by molar-refractivity contribution is 0.454. The van der Waals surface area contributed by atoms with Gasteiger partial charge in [0.25, 0.3) is 0 Å². The molecule has 0 radical (unpaired) electrons. The van der Waals surface area contributed by atoms with Crippen LogP contribution in [-0.2, 0) is 0 Å². The molecule has 1 aliphatic carbocycles. The molecule has 1 saturated carbocycles. The van der Waals surface area contributed by atoms with Crippen LogP contribution in [0.1, 0.15) is 50.1 Å². The van der Waals surface area contributed by atoms with Crippen molar-refractivity contribution >= 4 is 11.6 Å². The van der Waals surface area contributed by atoms with E-state index in [-0.39, 0.29) is 6.04 Å². The Morgan fingerprint density at radius 1 is 1.25 bits per heavy atom. The van der Waals surface area contributed by atoms with Gasteiger partial charge >= 0.3 is 0 Å². The van der Waals surface area contributed by atoms with Crippen LogP contribution in [0.4, 0.5) is 0 Å². The monoisotopic (exact) mass is 237 g/mol. The first-order chi connectivity index (χ1) is 7.77. The Morgan fingerprint density at radius 3 is 2.62 bits per heavy atom. The predicted molar refractivity (Wildman–Crippen MR) is 69.6 cm³/mol. The average Bonchev–Trinajstić information content (AvgIpc) is 2.79. The van der Waals surface area contributed by atoms with Gasteiger partial charge in [0.2, 0.25) is 0 Å². The zero-order chi connectivity index (χ0) is 11.4. The van der Waals surface area contributed by atoms with Crippen molar-refractivity contribution in [3.8, 4) is 0 Å². The van der Waals surface area contributed by atoms with Crippen molar-refractivity contribution in [2.24, 2.45) is 11.7 Å². The molecular weight excluding hydrogens is 218 g/mol. The Labute approximate surface area is 103 Å². The highest BCUT2D eigenvalue weighted by molar-refractivity contribution is 6.31. The molecule has 1 aromatic carbocycles. The zero-order valence-corrected chi connectivity index (χ0v) is 10.4. The molecule has 0 spiro atoms. The van der Waals surface area contributed by atoms with Gasteiger partial charge in [0, 0.05) is 11.1 Å². The van der Waals surface area contributed by atoms with Gasteiger partial charge in [0.05, 0.1) is 0 Å². The fourth-order valence-corrected chi connectivity index (χ4v) is 2.92. The molecule has 0 amide bonds. The lowest BCUT2D eigenvalue weighted by atomic mass is 9.95. The van der Waals surface area contributed by atoms with Crippen molar-refractivity contribution in [2.45, 2.75) is 44.6 Å². The summed E-state index contributed by atoms with van der Waals surface area (Å²) in [5, 5.41) is 0.807. The zero-order valence-electron chi connectivity index (χ0n) is 9.66. The average molecular weight is 238 g/mol. The van der Waals surface area contributed by atoms with Crippen LogP contribution in [0.5, 0.6) is 0 Å². The molecule has 2 heteroatoms. The van der Waals surface area contributed by atoms with E-state index in [1.807, 2.05) is 24.3 Å². The third-order valence-electron chi connectivity index (χ3n) is 3.67. The van der Waals surface area contributed by atoms with Gasteiger partial charge in [-0.1, -0.05) is 55.5 Å². The summed E-state index contributed by atoms with van der Waals surface area (Å²) in [6.07, 6.45) is 7.93. The first-order valence-electron chi connectivity index (χ1n) is 6.27. The minimum absolute atomic E-state index is 0.106. The summed E-state index contributed by atoms with van der Waals surface area (Å²) >= 11 is 6.13. The Hall–Kier alpha value is -0.530. The van der Waals surface area contributed by atoms with Crippen LogP contribution in [0.15, 0.2) is 24.3 Å². The number of halogens is 1. The van der Waals surface area contributed by atoms with E-state index >= 15 is 0 Å². The van der Waals surface area contributed by atoms with E-state index < -0.39 is 0 Å². The topological polar surface area (TPSA) is 26.0 Å². The van der Waals surface area contributed by atoms with E-state index in [1.165, 1.54) is 32.1 Å². The second-order valence-electron chi connectivity index (χ2n) is 4.86. The molecule has 1 aromatic rings. The van der Waals surface area contributed by atoms with Crippen molar-refractivity contribution < 1.29 is 0 Å². The van der Waals surface area contributed by atoms with E-state index in [0.29, 0.717) is 0 Å². The standard InChI is InChI=1S/C14H20ClN/c15-13-8-4-3-7-12(13)14(16)10-9-11-5-1-2-6-11/h3-4,7-8,11,14H,1-2,5-6,9-10,16H2. The van der Waals surface area contributed by atoms with Crippen LogP contribution in [0.3, 0.4) is 0 Å². The summed E-state index contributed by atoms with van der Waals surface area (Å²) in [4.78, 5) is 0. The molecule has 0 aliphatic heterocycles. The molecule has 88 valence electrons. The molecule has 2 N–H and O–H groups in total. The number of rotatable bonds is 4. The summed E-state index contributed by atoms with van der Waals surface area (Å²) in [7, 11) is 0. The molecule has 16 heavy (non-hydrogen) atoms. The predicted octanol–water partition coefficient (Wildman–Crippen LogP) is 4.31. The highest BCUT2D eigenvalue weighted by Gasteiger charge is 2.17. The van der Waals surface area contributed by atoms with Gasteiger partial charge < -0.3 is 5.73 Å². The molecule has 1 fully saturated rings. The lowest BCUT2D eigenvalue weighted by Gasteiger charge is -2.16. The van der Waals surface area contributed by atoms with Gasteiger partial charge in [0.15, 0.2) is 0 Å². The molecule has 0 bridgehead atoms. The molecule has 1 aliphatic rings. The second-order valence-corrected chi connectivity index (χ2v) is 5.26. The molecule has 1 unspecified atom stereocenters. The smallest absolute Gasteiger partial charge is 0.0453 e. The van der Waals surface area contributed by atoms with Gasteiger partial charge in [0.1, 0.15) is 0 Å². The maximum absolute atomic E-state index is 6.19. The van der Waals surface area contributed by atoms with Crippen molar-refractivity contribution in [3.63, 3.8) is 0 Å². The van der Waals surface area contributed by atoms with E-state index in [9.17, 15) is 0 Å². The molecule has 0 aromatic heterocycles. The summed E-state index contributed by atoms with van der Waals surface area (Å²) in [6.45, 7) is 0. The Morgan fingerprint density at radius 2 is 1.94 bits per heavy atom. The van der Waals surface area contributed by atoms with Crippen molar-refractivity contribution in [1.29, 1.82) is 0 Å². The van der Waals surface area contributed by atoms with E-state index in [0.717, 1.165) is 22.9 Å². The molecule has 1 atom stereocenters. The van der Waals surface area contributed by atoms with Gasteiger partial charge in [-0.2, -0.15) is 0 Å². The van der Waals surface area contributed by atoms with Crippen molar-refractivity contribution in [2.75, 3.05) is 0 Å². The highest BCUT2D eigenvalue weighted by atomic mass is 35.5. The highest BCUT2D eigenvalue weighted by Crippen LogP contribution is 2.32. The van der Waals surface area contributed by atoms with E-state index in [2.05, 4.69) is 0 Å². The largest absolute Gasteiger partial charge is 0.324 e. The number of hydrogen-bond acceptors (Lipinski definition) is 1. The minimum Gasteiger partial charge on any atom is -0.324 e. The summed E-state index contributed by atoms with van der Waals surface area (Å²) in [6, 6.07) is 8.04. The van der Waals surface area contributed by atoms with Gasteiger partial charge in [-0.25, -0.2) is 0 Å². The second kappa shape index (κ2) is 5.70. The minimum atomic E-state index is 0.106. The summed E-state index contributed by atoms with van der Waals surface area (Å²) < 4.78 is 0. The van der Waals surface area contributed by atoms with Crippen LogP contribution < -0.4 is 5.73 Å². The van der Waals surface area contributed by atoms with Gasteiger partial charge in [-0.3, -0.25) is 0 Å². The molecule has 0 heterocycles. The molecule has 1 nitrogen and oxygen atoms in total. The van der Waals surface area contributed by atoms with Crippen LogP contribution in [-0.4, -0.2) is 0 Å². The summed E-state index contributed by atoms with van der Waals surface area (Å²) in [5.41, 5.74) is 7.29. The van der Waals surface area contributed by atoms with Crippen LogP contribution in [0.2, 0.25) is 5.02 Å². The third-order valence-corrected chi connectivity index (χ3v) is 4.01. The Bertz CT molecular complexity index is 331. The first kappa shape index (κ1) is 11.9. The molecule has 0 saturated heterocycles. The maximum Gasteiger partial charge on any atom is 0.0453 e. The van der Waals surface area contributed by atoms with Crippen molar-refractivity contribution in [3.05, 3.63) is 34.9 Å². The number of benzene rings is 1. The number of hydrogen-bond donors (Lipinski definition) is 1.